The minimum atomic E-state index is -0.244. The molecule has 0 aromatic rings. The maximum Gasteiger partial charge on any atom is 0.203 e. The van der Waals surface area contributed by atoms with Gasteiger partial charge in [0, 0.05) is 11.3 Å². The Morgan fingerprint density at radius 3 is 2.30 bits per heavy atom. The zero-order chi connectivity index (χ0) is 7.82. The highest BCUT2D eigenvalue weighted by Gasteiger charge is 1.94. The standard InChI is InChI=1S/C7H15NO2/c1-2-3-4-5-6-7-8(9)10/h2-7H2,1H3. The predicted octanol–water partition coefficient (Wildman–Crippen LogP) is 2.23. The molecule has 0 saturated carbocycles. The van der Waals surface area contributed by atoms with Crippen LogP contribution in [0.25, 0.3) is 0 Å². The van der Waals surface area contributed by atoms with Gasteiger partial charge in [0.25, 0.3) is 0 Å². The molecular weight excluding hydrogens is 130 g/mol. The minimum Gasteiger partial charge on any atom is -0.265 e. The molecule has 60 valence electrons. The third-order valence-corrected chi connectivity index (χ3v) is 1.44. The maximum absolute atomic E-state index is 9.84. The molecule has 0 aromatic carbocycles. The van der Waals surface area contributed by atoms with Gasteiger partial charge in [-0.05, 0) is 6.42 Å². The van der Waals surface area contributed by atoms with E-state index in [2.05, 4.69) is 6.92 Å². The van der Waals surface area contributed by atoms with Crippen LogP contribution in [0.4, 0.5) is 0 Å². The van der Waals surface area contributed by atoms with E-state index in [0.717, 1.165) is 19.3 Å². The van der Waals surface area contributed by atoms with Gasteiger partial charge in [0.05, 0.1) is 0 Å². The number of nitrogens with zero attached hydrogens (tertiary/aromatic N) is 1. The quantitative estimate of drug-likeness (QED) is 0.327. The van der Waals surface area contributed by atoms with E-state index < -0.39 is 0 Å². The normalized spacial score (nSPS) is 9.70. The average Bonchev–Trinajstić information content (AvgIpc) is 1.87. The zero-order valence-electron chi connectivity index (χ0n) is 6.51. The minimum absolute atomic E-state index is 0.143. The molecule has 0 fully saturated rings. The van der Waals surface area contributed by atoms with Gasteiger partial charge in [0.2, 0.25) is 6.54 Å². The summed E-state index contributed by atoms with van der Waals surface area (Å²) < 4.78 is 0. The first-order valence-electron chi connectivity index (χ1n) is 3.89. The monoisotopic (exact) mass is 145 g/mol. The first kappa shape index (κ1) is 9.40. The van der Waals surface area contributed by atoms with Gasteiger partial charge in [-0.1, -0.05) is 26.2 Å². The SMILES string of the molecule is CCCCCCC[N+](=O)[O-]. The van der Waals surface area contributed by atoms with Crippen molar-refractivity contribution in [2.75, 3.05) is 6.54 Å². The van der Waals surface area contributed by atoms with Gasteiger partial charge in [0.1, 0.15) is 0 Å². The van der Waals surface area contributed by atoms with Crippen molar-refractivity contribution >= 4 is 0 Å². The Hall–Kier alpha value is -0.600. The van der Waals surface area contributed by atoms with Gasteiger partial charge >= 0.3 is 0 Å². The van der Waals surface area contributed by atoms with Crippen LogP contribution in [0.15, 0.2) is 0 Å². The molecule has 3 nitrogen and oxygen atoms in total. The third kappa shape index (κ3) is 7.40. The predicted molar refractivity (Wildman–Crippen MR) is 40.6 cm³/mol. The van der Waals surface area contributed by atoms with Crippen LogP contribution in [-0.2, 0) is 0 Å². The van der Waals surface area contributed by atoms with E-state index in [0.29, 0.717) is 0 Å². The summed E-state index contributed by atoms with van der Waals surface area (Å²) in [4.78, 5) is 9.59. The smallest absolute Gasteiger partial charge is 0.203 e. The van der Waals surface area contributed by atoms with Gasteiger partial charge in [-0.2, -0.15) is 0 Å². The van der Waals surface area contributed by atoms with Crippen molar-refractivity contribution in [2.45, 2.75) is 39.0 Å². The van der Waals surface area contributed by atoms with Gasteiger partial charge in [-0.25, -0.2) is 0 Å². The second kappa shape index (κ2) is 6.52. The molecule has 0 bridgehead atoms. The first-order chi connectivity index (χ1) is 4.77. The summed E-state index contributed by atoms with van der Waals surface area (Å²) >= 11 is 0. The number of unbranched alkanes of at least 4 members (excludes halogenated alkanes) is 4. The molecule has 0 unspecified atom stereocenters. The fourth-order valence-electron chi connectivity index (χ4n) is 0.844. The Labute approximate surface area is 61.6 Å². The molecule has 3 heteroatoms. The number of hydrogen-bond acceptors (Lipinski definition) is 2. The second-order valence-corrected chi connectivity index (χ2v) is 2.47. The van der Waals surface area contributed by atoms with E-state index in [-0.39, 0.29) is 11.5 Å². The van der Waals surface area contributed by atoms with E-state index in [4.69, 9.17) is 0 Å². The Balaban J connectivity index is 2.84. The van der Waals surface area contributed by atoms with Crippen molar-refractivity contribution in [1.82, 2.24) is 0 Å². The average molecular weight is 145 g/mol. The maximum atomic E-state index is 9.84. The van der Waals surface area contributed by atoms with Crippen LogP contribution in [0.1, 0.15) is 39.0 Å². The molecule has 0 aliphatic heterocycles. The fraction of sp³-hybridized carbons (Fsp3) is 1.00. The first-order valence-corrected chi connectivity index (χ1v) is 3.89. The molecule has 0 N–H and O–H groups in total. The summed E-state index contributed by atoms with van der Waals surface area (Å²) in [5.74, 6) is 0. The van der Waals surface area contributed by atoms with Crippen molar-refractivity contribution in [3.63, 3.8) is 0 Å². The molecule has 10 heavy (non-hydrogen) atoms. The molecule has 0 heterocycles. The van der Waals surface area contributed by atoms with Crippen LogP contribution in [0.2, 0.25) is 0 Å². The van der Waals surface area contributed by atoms with E-state index in [9.17, 15) is 10.1 Å². The van der Waals surface area contributed by atoms with E-state index in [1.807, 2.05) is 0 Å². The lowest BCUT2D eigenvalue weighted by molar-refractivity contribution is -0.480. The summed E-state index contributed by atoms with van der Waals surface area (Å²) in [6.45, 7) is 2.28. The molecule has 0 atom stereocenters. The number of nitro groups is 1. The lowest BCUT2D eigenvalue weighted by Crippen LogP contribution is -1.99. The summed E-state index contributed by atoms with van der Waals surface area (Å²) in [6, 6.07) is 0. The van der Waals surface area contributed by atoms with Crippen LogP contribution in [0.5, 0.6) is 0 Å². The number of rotatable bonds is 6. The molecule has 0 saturated heterocycles. The van der Waals surface area contributed by atoms with Crippen LogP contribution in [-0.4, -0.2) is 11.5 Å². The third-order valence-electron chi connectivity index (χ3n) is 1.44. The molecule has 0 aliphatic carbocycles. The van der Waals surface area contributed by atoms with Gasteiger partial charge in [0.15, 0.2) is 0 Å². The summed E-state index contributed by atoms with van der Waals surface area (Å²) in [7, 11) is 0. The molecule has 0 radical (unpaired) electrons. The van der Waals surface area contributed by atoms with Crippen molar-refractivity contribution in [1.29, 1.82) is 0 Å². The topological polar surface area (TPSA) is 43.1 Å². The molecule has 0 aliphatic rings. The summed E-state index contributed by atoms with van der Waals surface area (Å²) in [6.07, 6.45) is 5.29. The van der Waals surface area contributed by atoms with Crippen molar-refractivity contribution < 1.29 is 4.92 Å². The zero-order valence-corrected chi connectivity index (χ0v) is 6.51. The highest BCUT2D eigenvalue weighted by atomic mass is 16.6. The second-order valence-electron chi connectivity index (χ2n) is 2.47. The summed E-state index contributed by atoms with van der Waals surface area (Å²) in [5.41, 5.74) is 0. The highest BCUT2D eigenvalue weighted by molar-refractivity contribution is 4.40. The van der Waals surface area contributed by atoms with Gasteiger partial charge in [-0.15, -0.1) is 0 Å². The molecule has 0 aromatic heterocycles. The lowest BCUT2D eigenvalue weighted by Gasteiger charge is -1.94. The summed E-state index contributed by atoms with van der Waals surface area (Å²) in [5, 5.41) is 9.84. The van der Waals surface area contributed by atoms with Crippen molar-refractivity contribution in [2.24, 2.45) is 0 Å². The molecule has 0 rings (SSSR count). The Bertz CT molecular complexity index is 93.6. The largest absolute Gasteiger partial charge is 0.265 e. The fourth-order valence-corrected chi connectivity index (χ4v) is 0.844. The van der Waals surface area contributed by atoms with E-state index in [1.165, 1.54) is 12.8 Å². The van der Waals surface area contributed by atoms with Crippen LogP contribution >= 0.6 is 0 Å². The molecule has 0 amide bonds. The lowest BCUT2D eigenvalue weighted by atomic mass is 10.2. The van der Waals surface area contributed by atoms with Gasteiger partial charge in [-0.3, -0.25) is 10.1 Å². The van der Waals surface area contributed by atoms with Gasteiger partial charge < -0.3 is 0 Å². The highest BCUT2D eigenvalue weighted by Crippen LogP contribution is 2.01. The van der Waals surface area contributed by atoms with Crippen LogP contribution < -0.4 is 0 Å². The Morgan fingerprint density at radius 1 is 1.20 bits per heavy atom. The van der Waals surface area contributed by atoms with Crippen LogP contribution in [0.3, 0.4) is 0 Å². The Kier molecular flexibility index (Phi) is 6.13. The molecule has 0 spiro atoms. The van der Waals surface area contributed by atoms with Crippen molar-refractivity contribution in [3.05, 3.63) is 10.1 Å². The van der Waals surface area contributed by atoms with E-state index >= 15 is 0 Å². The Morgan fingerprint density at radius 2 is 1.80 bits per heavy atom. The molecular formula is C7H15NO2. The van der Waals surface area contributed by atoms with Crippen molar-refractivity contribution in [3.8, 4) is 0 Å². The van der Waals surface area contributed by atoms with E-state index in [1.54, 1.807) is 0 Å². The number of hydrogen-bond donors (Lipinski definition) is 0. The van der Waals surface area contributed by atoms with Crippen LogP contribution in [0, 0.1) is 10.1 Å².